The van der Waals surface area contributed by atoms with E-state index in [9.17, 15) is 18.3 Å². The van der Waals surface area contributed by atoms with Crippen LogP contribution < -0.4 is 0 Å². The molecule has 34 heavy (non-hydrogen) atoms. The van der Waals surface area contributed by atoms with Crippen LogP contribution >= 0.6 is 0 Å². The first kappa shape index (κ1) is 22.6. The summed E-state index contributed by atoms with van der Waals surface area (Å²) in [4.78, 5) is 2.03. The molecule has 1 saturated heterocycles. The zero-order valence-corrected chi connectivity index (χ0v) is 18.4. The Kier molecular flexibility index (Phi) is 5.89. The molecule has 0 aliphatic carbocycles. The maximum atomic E-state index is 14.6. The van der Waals surface area contributed by atoms with E-state index in [1.54, 1.807) is 22.9 Å². The van der Waals surface area contributed by atoms with E-state index in [-0.39, 0.29) is 11.1 Å². The van der Waals surface area contributed by atoms with Gasteiger partial charge in [0, 0.05) is 30.6 Å². The number of para-hydroxylation sites is 1. The highest BCUT2D eigenvalue weighted by Gasteiger charge is 2.57. The molecule has 0 spiro atoms. The van der Waals surface area contributed by atoms with Crippen LogP contribution in [0.15, 0.2) is 79.0 Å². The average molecular weight is 467 g/mol. The molecule has 0 amide bonds. The summed E-state index contributed by atoms with van der Waals surface area (Å²) < 4.78 is 50.8. The van der Waals surface area contributed by atoms with E-state index in [1.807, 2.05) is 35.2 Å². The lowest BCUT2D eigenvalue weighted by Gasteiger charge is -2.35. The maximum Gasteiger partial charge on any atom is 0.425 e. The largest absolute Gasteiger partial charge is 0.425 e. The minimum absolute atomic E-state index is 0.163. The number of ether oxygens (including phenoxy) is 1. The molecule has 0 radical (unpaired) electrons. The van der Waals surface area contributed by atoms with Crippen molar-refractivity contribution >= 4 is 10.9 Å². The Morgan fingerprint density at radius 2 is 1.62 bits per heavy atom. The first-order chi connectivity index (χ1) is 16.4. The predicted octanol–water partition coefficient (Wildman–Crippen LogP) is 4.66. The summed E-state index contributed by atoms with van der Waals surface area (Å²) in [6.07, 6.45) is -3.42. The van der Waals surface area contributed by atoms with Gasteiger partial charge < -0.3 is 9.84 Å². The van der Waals surface area contributed by atoms with E-state index >= 15 is 0 Å². The summed E-state index contributed by atoms with van der Waals surface area (Å²) in [5.41, 5.74) is -1.69. The zero-order chi connectivity index (χ0) is 23.8. The third-order valence-electron chi connectivity index (χ3n) is 6.30. The van der Waals surface area contributed by atoms with Crippen molar-refractivity contribution < 1.29 is 23.0 Å². The molecule has 0 bridgehead atoms. The van der Waals surface area contributed by atoms with Gasteiger partial charge in [0.25, 0.3) is 0 Å². The summed E-state index contributed by atoms with van der Waals surface area (Å²) >= 11 is 0. The third-order valence-corrected chi connectivity index (χ3v) is 6.30. The molecular weight excluding hydrogens is 443 g/mol. The van der Waals surface area contributed by atoms with Crippen molar-refractivity contribution in [1.29, 1.82) is 0 Å². The molecule has 5 rings (SSSR count). The Labute approximate surface area is 195 Å². The number of nitrogens with zero attached hydrogens (tertiary/aromatic N) is 3. The number of fused-ring (bicyclic) bond motifs is 1. The molecule has 5 nitrogen and oxygen atoms in total. The van der Waals surface area contributed by atoms with Crippen LogP contribution in [0.5, 0.6) is 0 Å². The second kappa shape index (κ2) is 8.87. The smallest absolute Gasteiger partial charge is 0.379 e. The second-order valence-electron chi connectivity index (χ2n) is 8.42. The molecule has 1 aliphatic heterocycles. The number of benzene rings is 3. The molecule has 8 heteroatoms. The van der Waals surface area contributed by atoms with Gasteiger partial charge in [-0.1, -0.05) is 48.5 Å². The van der Waals surface area contributed by atoms with E-state index < -0.39 is 11.8 Å². The van der Waals surface area contributed by atoms with Crippen molar-refractivity contribution in [2.75, 3.05) is 26.3 Å². The van der Waals surface area contributed by atoms with Gasteiger partial charge in [0.2, 0.25) is 5.60 Å². The van der Waals surface area contributed by atoms with Crippen LogP contribution in [0, 0.1) is 0 Å². The Balaban J connectivity index is 1.60. The van der Waals surface area contributed by atoms with Crippen LogP contribution in [0.3, 0.4) is 0 Å². The fraction of sp³-hybridized carbons (Fsp3) is 0.269. The van der Waals surface area contributed by atoms with Gasteiger partial charge in [-0.05, 0) is 35.4 Å². The lowest BCUT2D eigenvalue weighted by Crippen LogP contribution is -2.45. The van der Waals surface area contributed by atoms with Gasteiger partial charge in [-0.25, -0.2) is 4.68 Å². The number of morpholine rings is 1. The molecule has 3 aromatic carbocycles. The van der Waals surface area contributed by atoms with Crippen molar-refractivity contribution in [3.8, 4) is 5.69 Å². The van der Waals surface area contributed by atoms with Gasteiger partial charge in [0.1, 0.15) is 0 Å². The molecule has 4 aromatic rings. The second-order valence-corrected chi connectivity index (χ2v) is 8.42. The Hall–Kier alpha value is -3.20. The molecule has 1 aliphatic rings. The fourth-order valence-electron chi connectivity index (χ4n) is 4.52. The lowest BCUT2D eigenvalue weighted by molar-refractivity contribution is -0.248. The van der Waals surface area contributed by atoms with E-state index in [4.69, 9.17) is 4.74 Å². The molecule has 2 heterocycles. The molecule has 1 fully saturated rings. The van der Waals surface area contributed by atoms with Gasteiger partial charge in [0.15, 0.2) is 0 Å². The number of hydrogen-bond acceptors (Lipinski definition) is 4. The highest BCUT2D eigenvalue weighted by molar-refractivity contribution is 5.81. The maximum absolute atomic E-state index is 14.6. The van der Waals surface area contributed by atoms with Crippen molar-refractivity contribution in [3.05, 3.63) is 95.7 Å². The van der Waals surface area contributed by atoms with Crippen LogP contribution in [0.25, 0.3) is 16.6 Å². The number of aromatic nitrogens is 2. The van der Waals surface area contributed by atoms with Crippen molar-refractivity contribution in [1.82, 2.24) is 14.7 Å². The Morgan fingerprint density at radius 3 is 2.35 bits per heavy atom. The van der Waals surface area contributed by atoms with Gasteiger partial charge in [-0.3, -0.25) is 4.90 Å². The van der Waals surface area contributed by atoms with Gasteiger partial charge in [-0.15, -0.1) is 0 Å². The number of hydrogen-bond donors (Lipinski definition) is 1. The van der Waals surface area contributed by atoms with Crippen LogP contribution in [0.4, 0.5) is 13.2 Å². The molecular formula is C26H24F3N3O2. The predicted molar refractivity (Wildman–Crippen MR) is 123 cm³/mol. The van der Waals surface area contributed by atoms with Crippen molar-refractivity contribution in [2.45, 2.75) is 18.3 Å². The van der Waals surface area contributed by atoms with Crippen molar-refractivity contribution in [2.24, 2.45) is 0 Å². The van der Waals surface area contributed by atoms with Gasteiger partial charge >= 0.3 is 6.18 Å². The quantitative estimate of drug-likeness (QED) is 0.464. The highest BCUT2D eigenvalue weighted by atomic mass is 19.4. The summed E-state index contributed by atoms with van der Waals surface area (Å²) in [6.45, 7) is 2.63. The standard InChI is InChI=1S/C26H24F3N3O2/c27-26(28,29)25(33,23-9-5-4-6-19(23)18-31-12-14-34-15-13-31)21-10-11-24-20(16-21)17-30-32(24)22-7-2-1-3-8-22/h1-11,16-17,33H,12-15,18H2. The van der Waals surface area contributed by atoms with Crippen LogP contribution in [-0.2, 0) is 16.9 Å². The van der Waals surface area contributed by atoms with E-state index in [0.29, 0.717) is 49.3 Å². The number of aliphatic hydroxyl groups is 1. The minimum Gasteiger partial charge on any atom is -0.379 e. The third kappa shape index (κ3) is 3.98. The van der Waals surface area contributed by atoms with E-state index in [2.05, 4.69) is 5.10 Å². The highest BCUT2D eigenvalue weighted by Crippen LogP contribution is 2.46. The molecule has 0 saturated carbocycles. The molecule has 1 N–H and O–H groups in total. The lowest BCUT2D eigenvalue weighted by atomic mass is 9.82. The first-order valence-electron chi connectivity index (χ1n) is 11.1. The molecule has 176 valence electrons. The molecule has 1 unspecified atom stereocenters. The number of alkyl halides is 3. The SMILES string of the molecule is OC(c1ccc2c(cnn2-c2ccccc2)c1)(c1ccccc1CN1CCOCC1)C(F)(F)F. The summed E-state index contributed by atoms with van der Waals surface area (Å²) in [5.74, 6) is 0. The number of halogens is 3. The van der Waals surface area contributed by atoms with E-state index in [0.717, 1.165) is 5.69 Å². The Morgan fingerprint density at radius 1 is 0.912 bits per heavy atom. The van der Waals surface area contributed by atoms with Crippen molar-refractivity contribution in [3.63, 3.8) is 0 Å². The average Bonchev–Trinajstić information content (AvgIpc) is 3.28. The van der Waals surface area contributed by atoms with E-state index in [1.165, 1.54) is 30.5 Å². The zero-order valence-electron chi connectivity index (χ0n) is 18.4. The minimum atomic E-state index is -4.93. The van der Waals surface area contributed by atoms with Crippen LogP contribution in [0.1, 0.15) is 16.7 Å². The van der Waals surface area contributed by atoms with Crippen LogP contribution in [0.2, 0.25) is 0 Å². The molecule has 1 aromatic heterocycles. The molecule has 1 atom stereocenters. The summed E-state index contributed by atoms with van der Waals surface area (Å²) in [7, 11) is 0. The van der Waals surface area contributed by atoms with Gasteiger partial charge in [0.05, 0.1) is 30.6 Å². The monoisotopic (exact) mass is 467 g/mol. The topological polar surface area (TPSA) is 50.5 Å². The van der Waals surface area contributed by atoms with Crippen LogP contribution in [-0.4, -0.2) is 52.3 Å². The summed E-state index contributed by atoms with van der Waals surface area (Å²) in [5, 5.41) is 16.3. The number of rotatable bonds is 5. The normalized spacial score (nSPS) is 17.1. The first-order valence-corrected chi connectivity index (χ1v) is 11.1. The fourth-order valence-corrected chi connectivity index (χ4v) is 4.52. The van der Waals surface area contributed by atoms with Gasteiger partial charge in [-0.2, -0.15) is 18.3 Å². The Bertz CT molecular complexity index is 1280. The summed E-state index contributed by atoms with van der Waals surface area (Å²) in [6, 6.07) is 19.9.